The molecule has 0 aromatic heterocycles. The Morgan fingerprint density at radius 3 is 2.85 bits per heavy atom. The summed E-state index contributed by atoms with van der Waals surface area (Å²) >= 11 is 0. The molecule has 2 N–H and O–H groups in total. The van der Waals surface area contributed by atoms with Crippen molar-refractivity contribution in [2.75, 3.05) is 26.2 Å². The van der Waals surface area contributed by atoms with E-state index in [1.54, 1.807) is 6.92 Å². The first kappa shape index (κ1) is 15.3. The van der Waals surface area contributed by atoms with E-state index in [9.17, 15) is 9.59 Å². The van der Waals surface area contributed by atoms with Crippen molar-refractivity contribution in [3.8, 4) is 0 Å². The topological polar surface area (TPSA) is 61.4 Å². The number of rotatable bonds is 4. The summed E-state index contributed by atoms with van der Waals surface area (Å²) in [6.07, 6.45) is 4.90. The van der Waals surface area contributed by atoms with Gasteiger partial charge in [0.2, 0.25) is 11.8 Å². The van der Waals surface area contributed by atoms with Crippen LogP contribution in [0.15, 0.2) is 0 Å². The lowest BCUT2D eigenvalue weighted by Crippen LogP contribution is -2.53. The Morgan fingerprint density at radius 1 is 1.45 bits per heavy atom. The van der Waals surface area contributed by atoms with Gasteiger partial charge in [-0.2, -0.15) is 0 Å². The second-order valence-corrected chi connectivity index (χ2v) is 6.25. The lowest BCUT2D eigenvalue weighted by molar-refractivity contribution is -0.143. The molecule has 0 aromatic rings. The fourth-order valence-corrected chi connectivity index (χ4v) is 3.63. The Labute approximate surface area is 121 Å². The van der Waals surface area contributed by atoms with Gasteiger partial charge in [-0.15, -0.1) is 0 Å². The number of carbonyl (C=O) groups is 2. The molecule has 2 aliphatic rings. The highest BCUT2D eigenvalue weighted by Crippen LogP contribution is 2.34. The molecule has 0 bridgehead atoms. The van der Waals surface area contributed by atoms with Crippen LogP contribution >= 0.6 is 0 Å². The average molecular weight is 281 g/mol. The number of piperidine rings is 1. The van der Waals surface area contributed by atoms with Gasteiger partial charge in [0.25, 0.3) is 0 Å². The van der Waals surface area contributed by atoms with Gasteiger partial charge < -0.3 is 15.5 Å². The molecule has 2 atom stereocenters. The summed E-state index contributed by atoms with van der Waals surface area (Å²) in [4.78, 5) is 26.1. The van der Waals surface area contributed by atoms with E-state index < -0.39 is 0 Å². The van der Waals surface area contributed by atoms with Crippen molar-refractivity contribution in [1.29, 1.82) is 0 Å². The Kier molecular flexibility index (Phi) is 5.02. The molecule has 0 aromatic carbocycles. The van der Waals surface area contributed by atoms with Crippen LogP contribution in [0.2, 0.25) is 0 Å². The maximum atomic E-state index is 12.9. The van der Waals surface area contributed by atoms with Gasteiger partial charge >= 0.3 is 0 Å². The van der Waals surface area contributed by atoms with Crippen LogP contribution in [0, 0.1) is 5.41 Å². The van der Waals surface area contributed by atoms with Gasteiger partial charge in [-0.3, -0.25) is 9.59 Å². The third kappa shape index (κ3) is 3.32. The Balaban J connectivity index is 2.01. The van der Waals surface area contributed by atoms with Crippen molar-refractivity contribution in [2.24, 2.45) is 5.41 Å². The normalized spacial score (nSPS) is 30.3. The molecule has 2 rings (SSSR count). The number of likely N-dealkylation sites (tertiary alicyclic amines) is 1. The fourth-order valence-electron chi connectivity index (χ4n) is 3.63. The summed E-state index contributed by atoms with van der Waals surface area (Å²) in [6, 6.07) is 0.123. The molecule has 2 saturated heterocycles. The summed E-state index contributed by atoms with van der Waals surface area (Å²) < 4.78 is 0. The molecule has 2 unspecified atom stereocenters. The zero-order chi connectivity index (χ0) is 14.6. The maximum Gasteiger partial charge on any atom is 0.230 e. The van der Waals surface area contributed by atoms with Crippen molar-refractivity contribution in [3.05, 3.63) is 0 Å². The van der Waals surface area contributed by atoms with Gasteiger partial charge in [0, 0.05) is 32.6 Å². The quantitative estimate of drug-likeness (QED) is 0.804. The highest BCUT2D eigenvalue weighted by atomic mass is 16.2. The van der Waals surface area contributed by atoms with Crippen LogP contribution in [0.25, 0.3) is 0 Å². The molecule has 2 aliphatic heterocycles. The standard InChI is InChI=1S/C15H27N3O2/c1-3-6-15(7-8-16-11-15)14(20)18-9-4-5-13(10-18)17-12(2)19/h13,16H,3-11H2,1-2H3,(H,17,19). The number of nitrogens with zero attached hydrogens (tertiary/aromatic N) is 1. The molecule has 20 heavy (non-hydrogen) atoms. The molecule has 2 heterocycles. The van der Waals surface area contributed by atoms with E-state index in [1.807, 2.05) is 4.90 Å². The second kappa shape index (κ2) is 6.57. The largest absolute Gasteiger partial charge is 0.352 e. The SMILES string of the molecule is CCCC1(C(=O)N2CCCC(NC(C)=O)C2)CCNC1. The molecular formula is C15H27N3O2. The van der Waals surface area contributed by atoms with Gasteiger partial charge in [-0.05, 0) is 32.2 Å². The fraction of sp³-hybridized carbons (Fsp3) is 0.867. The number of hydrogen-bond donors (Lipinski definition) is 2. The maximum absolute atomic E-state index is 12.9. The average Bonchev–Trinajstić information content (AvgIpc) is 2.87. The Morgan fingerprint density at radius 2 is 2.25 bits per heavy atom. The van der Waals surface area contributed by atoms with E-state index in [4.69, 9.17) is 0 Å². The highest BCUT2D eigenvalue weighted by Gasteiger charge is 2.43. The van der Waals surface area contributed by atoms with Gasteiger partial charge in [-0.1, -0.05) is 13.3 Å². The summed E-state index contributed by atoms with van der Waals surface area (Å²) in [5.74, 6) is 0.287. The van der Waals surface area contributed by atoms with Crippen LogP contribution in [0.3, 0.4) is 0 Å². The minimum absolute atomic E-state index is 0.00453. The molecule has 114 valence electrons. The Bertz CT molecular complexity index is 364. The van der Waals surface area contributed by atoms with E-state index in [0.717, 1.165) is 51.7 Å². The summed E-state index contributed by atoms with van der Waals surface area (Å²) in [7, 11) is 0. The second-order valence-electron chi connectivity index (χ2n) is 6.25. The minimum Gasteiger partial charge on any atom is -0.352 e. The van der Waals surface area contributed by atoms with Crippen LogP contribution in [-0.4, -0.2) is 48.9 Å². The molecule has 0 radical (unpaired) electrons. The van der Waals surface area contributed by atoms with Gasteiger partial charge in [0.05, 0.1) is 5.41 Å². The smallest absolute Gasteiger partial charge is 0.230 e. The highest BCUT2D eigenvalue weighted by molar-refractivity contribution is 5.83. The van der Waals surface area contributed by atoms with E-state index in [1.165, 1.54) is 0 Å². The van der Waals surface area contributed by atoms with E-state index in [0.29, 0.717) is 12.5 Å². The van der Waals surface area contributed by atoms with Crippen molar-refractivity contribution in [3.63, 3.8) is 0 Å². The number of nitrogens with one attached hydrogen (secondary N) is 2. The zero-order valence-corrected chi connectivity index (χ0v) is 12.7. The van der Waals surface area contributed by atoms with Crippen LogP contribution in [0.1, 0.15) is 46.0 Å². The molecule has 0 aliphatic carbocycles. The van der Waals surface area contributed by atoms with Crippen molar-refractivity contribution >= 4 is 11.8 Å². The molecule has 5 nitrogen and oxygen atoms in total. The monoisotopic (exact) mass is 281 g/mol. The molecule has 0 saturated carbocycles. The molecule has 5 heteroatoms. The summed E-state index contributed by atoms with van der Waals surface area (Å²) in [5, 5.41) is 6.30. The van der Waals surface area contributed by atoms with E-state index in [-0.39, 0.29) is 17.4 Å². The van der Waals surface area contributed by atoms with Gasteiger partial charge in [0.1, 0.15) is 0 Å². The molecule has 2 amide bonds. The zero-order valence-electron chi connectivity index (χ0n) is 12.7. The van der Waals surface area contributed by atoms with Crippen molar-refractivity contribution < 1.29 is 9.59 Å². The first-order valence-corrected chi connectivity index (χ1v) is 7.84. The van der Waals surface area contributed by atoms with Crippen molar-refractivity contribution in [2.45, 2.75) is 52.0 Å². The lowest BCUT2D eigenvalue weighted by atomic mass is 9.80. The number of amides is 2. The first-order valence-electron chi connectivity index (χ1n) is 7.84. The van der Waals surface area contributed by atoms with Crippen LogP contribution in [0.5, 0.6) is 0 Å². The lowest BCUT2D eigenvalue weighted by Gasteiger charge is -2.39. The molecule has 2 fully saturated rings. The summed E-state index contributed by atoms with van der Waals surface area (Å²) in [6.45, 7) is 6.93. The van der Waals surface area contributed by atoms with E-state index in [2.05, 4.69) is 17.6 Å². The number of carbonyl (C=O) groups excluding carboxylic acids is 2. The number of hydrogen-bond acceptors (Lipinski definition) is 3. The van der Waals surface area contributed by atoms with Crippen LogP contribution in [0.4, 0.5) is 0 Å². The minimum atomic E-state index is -0.202. The molecular weight excluding hydrogens is 254 g/mol. The van der Waals surface area contributed by atoms with E-state index >= 15 is 0 Å². The van der Waals surface area contributed by atoms with Crippen molar-refractivity contribution in [1.82, 2.24) is 15.5 Å². The predicted molar refractivity (Wildman–Crippen MR) is 78.2 cm³/mol. The summed E-state index contributed by atoms with van der Waals surface area (Å²) in [5.41, 5.74) is -0.202. The predicted octanol–water partition coefficient (Wildman–Crippen LogP) is 0.893. The Hall–Kier alpha value is -1.10. The third-order valence-electron chi connectivity index (χ3n) is 4.54. The first-order chi connectivity index (χ1) is 9.57. The van der Waals surface area contributed by atoms with Crippen LogP contribution < -0.4 is 10.6 Å². The molecule has 0 spiro atoms. The van der Waals surface area contributed by atoms with Crippen LogP contribution in [-0.2, 0) is 9.59 Å². The third-order valence-corrected chi connectivity index (χ3v) is 4.54. The van der Waals surface area contributed by atoms with Gasteiger partial charge in [0.15, 0.2) is 0 Å². The van der Waals surface area contributed by atoms with Gasteiger partial charge in [-0.25, -0.2) is 0 Å².